The monoisotopic (exact) mass is 301 g/mol. The van der Waals surface area contributed by atoms with Crippen LogP contribution in [0.5, 0.6) is 0 Å². The molecule has 0 amide bonds. The molecule has 0 N–H and O–H groups in total. The Hall–Kier alpha value is -0.0231. The molecular weight excluding hydrogens is 278 g/mol. The SMILES string of the molecule is CC(C)[Si](C(C)C)(C(C)C)n1cccc1Br. The van der Waals surface area contributed by atoms with E-state index in [1.54, 1.807) is 0 Å². The second-order valence-electron chi connectivity index (χ2n) is 5.55. The minimum Gasteiger partial charge on any atom is -0.368 e. The summed E-state index contributed by atoms with van der Waals surface area (Å²) >= 11 is 3.70. The Labute approximate surface area is 109 Å². The van der Waals surface area contributed by atoms with Gasteiger partial charge in [-0.05, 0) is 50.9 Å². The number of rotatable bonds is 4. The third-order valence-electron chi connectivity index (χ3n) is 3.89. The molecule has 1 heterocycles. The second kappa shape index (κ2) is 5.09. The Bertz CT molecular complexity index is 320. The summed E-state index contributed by atoms with van der Waals surface area (Å²) in [6, 6.07) is 4.31. The summed E-state index contributed by atoms with van der Waals surface area (Å²) in [5, 5.41) is 0. The lowest BCUT2D eigenvalue weighted by atomic mass is 10.5. The lowest BCUT2D eigenvalue weighted by Crippen LogP contribution is -2.51. The van der Waals surface area contributed by atoms with E-state index in [1.165, 1.54) is 4.60 Å². The third kappa shape index (κ3) is 2.04. The van der Waals surface area contributed by atoms with Crippen LogP contribution in [0.25, 0.3) is 0 Å². The highest BCUT2D eigenvalue weighted by atomic mass is 79.9. The maximum atomic E-state index is 3.70. The van der Waals surface area contributed by atoms with E-state index in [9.17, 15) is 0 Å². The van der Waals surface area contributed by atoms with E-state index in [2.05, 4.69) is 80.0 Å². The van der Waals surface area contributed by atoms with Crippen LogP contribution in [0.1, 0.15) is 41.5 Å². The minimum atomic E-state index is -1.53. The van der Waals surface area contributed by atoms with Crippen molar-refractivity contribution in [1.82, 2.24) is 4.23 Å². The Kier molecular flexibility index (Phi) is 4.47. The van der Waals surface area contributed by atoms with Gasteiger partial charge in [-0.1, -0.05) is 41.5 Å². The van der Waals surface area contributed by atoms with Crippen LogP contribution in [0.2, 0.25) is 16.6 Å². The summed E-state index contributed by atoms with van der Waals surface area (Å²) in [7, 11) is -1.53. The van der Waals surface area contributed by atoms with Gasteiger partial charge in [0.05, 0.1) is 4.60 Å². The quantitative estimate of drug-likeness (QED) is 0.667. The first kappa shape index (κ1) is 14.0. The highest BCUT2D eigenvalue weighted by molar-refractivity contribution is 9.10. The summed E-state index contributed by atoms with van der Waals surface area (Å²) < 4.78 is 3.79. The summed E-state index contributed by atoms with van der Waals surface area (Å²) in [5.41, 5.74) is 2.24. The molecule has 0 atom stereocenters. The van der Waals surface area contributed by atoms with Crippen LogP contribution < -0.4 is 0 Å². The number of halogens is 1. The highest BCUT2D eigenvalue weighted by Gasteiger charge is 2.45. The van der Waals surface area contributed by atoms with Crippen molar-refractivity contribution in [2.45, 2.75) is 58.2 Å². The molecule has 16 heavy (non-hydrogen) atoms. The van der Waals surface area contributed by atoms with Gasteiger partial charge < -0.3 is 4.23 Å². The molecule has 0 bridgehead atoms. The smallest absolute Gasteiger partial charge is 0.170 e. The fraction of sp³-hybridized carbons (Fsp3) is 0.692. The molecule has 0 fully saturated rings. The summed E-state index contributed by atoms with van der Waals surface area (Å²) in [6.07, 6.45) is 2.26. The zero-order chi connectivity index (χ0) is 12.5. The molecule has 0 unspecified atom stereocenters. The molecule has 1 aromatic heterocycles. The third-order valence-corrected chi connectivity index (χ3v) is 11.6. The van der Waals surface area contributed by atoms with Crippen LogP contribution in [0, 0.1) is 0 Å². The standard InChI is InChI=1S/C13H24BrNSi/c1-10(2)16(11(3)4,12(5)6)15-9-7-8-13(15)14/h7-12H,1-6H3. The van der Waals surface area contributed by atoms with Crippen LogP contribution in [-0.4, -0.2) is 12.5 Å². The van der Waals surface area contributed by atoms with Crippen molar-refractivity contribution in [2.24, 2.45) is 0 Å². The molecule has 1 aromatic rings. The number of hydrogen-bond donors (Lipinski definition) is 0. The molecule has 0 radical (unpaired) electrons. The topological polar surface area (TPSA) is 4.93 Å². The van der Waals surface area contributed by atoms with Crippen molar-refractivity contribution in [3.63, 3.8) is 0 Å². The first-order valence-corrected chi connectivity index (χ1v) is 9.15. The predicted molar refractivity (Wildman–Crippen MR) is 78.6 cm³/mol. The van der Waals surface area contributed by atoms with Crippen molar-refractivity contribution in [3.8, 4) is 0 Å². The van der Waals surface area contributed by atoms with E-state index in [1.807, 2.05) is 0 Å². The van der Waals surface area contributed by atoms with Gasteiger partial charge in [0.15, 0.2) is 8.24 Å². The van der Waals surface area contributed by atoms with E-state index in [4.69, 9.17) is 0 Å². The maximum Gasteiger partial charge on any atom is 0.170 e. The van der Waals surface area contributed by atoms with Gasteiger partial charge >= 0.3 is 0 Å². The maximum absolute atomic E-state index is 3.70. The first-order valence-electron chi connectivity index (χ1n) is 6.18. The molecular formula is C13H24BrNSi. The van der Waals surface area contributed by atoms with Crippen molar-refractivity contribution in [1.29, 1.82) is 0 Å². The van der Waals surface area contributed by atoms with Gasteiger partial charge in [-0.3, -0.25) is 0 Å². The normalized spacial score (nSPS) is 13.1. The highest BCUT2D eigenvalue weighted by Crippen LogP contribution is 2.43. The first-order chi connectivity index (χ1) is 7.35. The van der Waals surface area contributed by atoms with Crippen LogP contribution in [0.3, 0.4) is 0 Å². The van der Waals surface area contributed by atoms with Crippen molar-refractivity contribution in [2.75, 3.05) is 0 Å². The van der Waals surface area contributed by atoms with Crippen molar-refractivity contribution in [3.05, 3.63) is 22.9 Å². The molecule has 0 aliphatic carbocycles. The number of nitrogens with zero attached hydrogens (tertiary/aromatic N) is 1. The lowest BCUT2D eigenvalue weighted by Gasteiger charge is -2.44. The van der Waals surface area contributed by atoms with Gasteiger partial charge in [-0.15, -0.1) is 0 Å². The molecule has 3 heteroatoms. The van der Waals surface area contributed by atoms with E-state index in [0.29, 0.717) is 0 Å². The molecule has 0 spiro atoms. The Morgan fingerprint density at radius 1 is 1.00 bits per heavy atom. The van der Waals surface area contributed by atoms with Crippen molar-refractivity contribution < 1.29 is 0 Å². The van der Waals surface area contributed by atoms with E-state index in [-0.39, 0.29) is 0 Å². The summed E-state index contributed by atoms with van der Waals surface area (Å²) in [4.78, 5) is 0. The van der Waals surface area contributed by atoms with E-state index < -0.39 is 8.24 Å². The zero-order valence-corrected chi connectivity index (χ0v) is 13.9. The van der Waals surface area contributed by atoms with Gasteiger partial charge in [0.2, 0.25) is 0 Å². The summed E-state index contributed by atoms with van der Waals surface area (Å²) in [6.45, 7) is 14.3. The van der Waals surface area contributed by atoms with Crippen LogP contribution in [-0.2, 0) is 0 Å². The molecule has 1 nitrogen and oxygen atoms in total. The van der Waals surface area contributed by atoms with E-state index >= 15 is 0 Å². The van der Waals surface area contributed by atoms with Gasteiger partial charge in [0.25, 0.3) is 0 Å². The molecule has 92 valence electrons. The molecule has 0 aromatic carbocycles. The van der Waals surface area contributed by atoms with Crippen LogP contribution in [0.4, 0.5) is 0 Å². The molecule has 1 rings (SSSR count). The largest absolute Gasteiger partial charge is 0.368 e. The van der Waals surface area contributed by atoms with Crippen LogP contribution in [0.15, 0.2) is 22.9 Å². The average Bonchev–Trinajstić information content (AvgIpc) is 2.51. The Balaban J connectivity index is 3.39. The zero-order valence-electron chi connectivity index (χ0n) is 11.3. The molecule has 0 aliphatic rings. The summed E-state index contributed by atoms with van der Waals surface area (Å²) in [5.74, 6) is 0. The van der Waals surface area contributed by atoms with Crippen LogP contribution >= 0.6 is 15.9 Å². The average molecular weight is 302 g/mol. The number of hydrogen-bond acceptors (Lipinski definition) is 0. The van der Waals surface area contributed by atoms with Gasteiger partial charge in [-0.2, -0.15) is 0 Å². The Morgan fingerprint density at radius 2 is 1.44 bits per heavy atom. The van der Waals surface area contributed by atoms with E-state index in [0.717, 1.165) is 16.6 Å². The molecule has 0 aliphatic heterocycles. The van der Waals surface area contributed by atoms with Gasteiger partial charge in [-0.25, -0.2) is 0 Å². The van der Waals surface area contributed by atoms with Gasteiger partial charge in [0, 0.05) is 0 Å². The minimum absolute atomic E-state index is 0.746. The van der Waals surface area contributed by atoms with Gasteiger partial charge in [0.1, 0.15) is 0 Å². The fourth-order valence-electron chi connectivity index (χ4n) is 3.51. The lowest BCUT2D eigenvalue weighted by molar-refractivity contribution is 0.761. The fourth-order valence-corrected chi connectivity index (χ4v) is 11.2. The molecule has 0 saturated heterocycles. The van der Waals surface area contributed by atoms with Crippen molar-refractivity contribution >= 4 is 24.2 Å². The second-order valence-corrected chi connectivity index (χ2v) is 12.1. The molecule has 0 saturated carbocycles. The Morgan fingerprint density at radius 3 is 1.69 bits per heavy atom. The predicted octanol–water partition coefficient (Wildman–Crippen LogP) is 5.27. The number of aromatic nitrogens is 1.